The van der Waals surface area contributed by atoms with Gasteiger partial charge in [-0.1, -0.05) is 23.7 Å². The van der Waals surface area contributed by atoms with Crippen LogP contribution in [-0.2, 0) is 10.0 Å². The molecule has 1 heterocycles. The van der Waals surface area contributed by atoms with E-state index in [1.165, 1.54) is 4.31 Å². The number of sulfonamides is 1. The number of halogens is 1. The normalized spacial score (nSPS) is 15.7. The number of nitrogens with zero attached hydrogens (tertiary/aromatic N) is 3. The van der Waals surface area contributed by atoms with E-state index < -0.39 is 10.0 Å². The van der Waals surface area contributed by atoms with Crippen molar-refractivity contribution in [1.29, 1.82) is 5.26 Å². The highest BCUT2D eigenvalue weighted by Gasteiger charge is 2.29. The zero-order valence-electron chi connectivity index (χ0n) is 14.7. The summed E-state index contributed by atoms with van der Waals surface area (Å²) in [5.41, 5.74) is 3.03. The molecule has 0 saturated carbocycles. The van der Waals surface area contributed by atoms with Crippen molar-refractivity contribution >= 4 is 27.3 Å². The second-order valence-electron chi connectivity index (χ2n) is 6.44. The molecule has 0 spiro atoms. The Morgan fingerprint density at radius 3 is 2.35 bits per heavy atom. The Hall–Kier alpha value is -2.07. The standard InChI is InChI=1S/C19H20ClN3O2S/c1-14-3-4-15(2)19(11-14)26(24,25)23-9-7-22(8-10-23)17-6-5-16(13-21)18(20)12-17/h3-6,11-12H,7-10H2,1-2H3. The molecule has 1 aliphatic heterocycles. The fourth-order valence-electron chi connectivity index (χ4n) is 3.10. The molecular weight excluding hydrogens is 370 g/mol. The fourth-order valence-corrected chi connectivity index (χ4v) is 5.05. The number of aryl methyl sites for hydroxylation is 2. The fraction of sp³-hybridized carbons (Fsp3) is 0.316. The summed E-state index contributed by atoms with van der Waals surface area (Å²) >= 11 is 6.11. The van der Waals surface area contributed by atoms with Crippen molar-refractivity contribution in [2.75, 3.05) is 31.1 Å². The molecular formula is C19H20ClN3O2S. The van der Waals surface area contributed by atoms with Gasteiger partial charge < -0.3 is 4.90 Å². The molecule has 0 N–H and O–H groups in total. The van der Waals surface area contributed by atoms with E-state index in [1.54, 1.807) is 18.2 Å². The first-order chi connectivity index (χ1) is 12.3. The molecule has 136 valence electrons. The topological polar surface area (TPSA) is 64.4 Å². The van der Waals surface area contributed by atoms with Crippen LogP contribution < -0.4 is 4.90 Å². The third-order valence-corrected chi connectivity index (χ3v) is 6.99. The Bertz CT molecular complexity index is 975. The Kier molecular flexibility index (Phi) is 5.24. The van der Waals surface area contributed by atoms with Crippen LogP contribution in [0.1, 0.15) is 16.7 Å². The van der Waals surface area contributed by atoms with Gasteiger partial charge in [0.1, 0.15) is 6.07 Å². The Balaban J connectivity index is 1.77. The van der Waals surface area contributed by atoms with E-state index in [9.17, 15) is 8.42 Å². The largest absolute Gasteiger partial charge is 0.369 e. The smallest absolute Gasteiger partial charge is 0.243 e. The zero-order chi connectivity index (χ0) is 18.9. The summed E-state index contributed by atoms with van der Waals surface area (Å²) in [5, 5.41) is 9.39. The summed E-state index contributed by atoms with van der Waals surface area (Å²) < 4.78 is 27.5. The van der Waals surface area contributed by atoms with Crippen molar-refractivity contribution in [3.8, 4) is 6.07 Å². The van der Waals surface area contributed by atoms with Crippen molar-refractivity contribution in [1.82, 2.24) is 4.31 Å². The molecule has 2 aromatic carbocycles. The molecule has 7 heteroatoms. The minimum absolute atomic E-state index is 0.382. The molecule has 2 aromatic rings. The molecule has 1 saturated heterocycles. The summed E-state index contributed by atoms with van der Waals surface area (Å²) in [6.45, 7) is 5.69. The van der Waals surface area contributed by atoms with Gasteiger partial charge in [-0.05, 0) is 49.2 Å². The lowest BCUT2D eigenvalue weighted by atomic mass is 10.2. The van der Waals surface area contributed by atoms with Gasteiger partial charge in [-0.25, -0.2) is 8.42 Å². The van der Waals surface area contributed by atoms with Gasteiger partial charge in [0.05, 0.1) is 15.5 Å². The molecule has 1 aliphatic rings. The second-order valence-corrected chi connectivity index (χ2v) is 8.75. The lowest BCUT2D eigenvalue weighted by molar-refractivity contribution is 0.384. The van der Waals surface area contributed by atoms with Crippen molar-refractivity contribution in [2.45, 2.75) is 18.7 Å². The van der Waals surface area contributed by atoms with Gasteiger partial charge in [0.25, 0.3) is 0 Å². The molecule has 0 unspecified atom stereocenters. The van der Waals surface area contributed by atoms with Crippen LogP contribution in [0.5, 0.6) is 0 Å². The Labute approximate surface area is 159 Å². The van der Waals surface area contributed by atoms with Gasteiger partial charge in [0.2, 0.25) is 10.0 Å². The van der Waals surface area contributed by atoms with Gasteiger partial charge in [-0.3, -0.25) is 0 Å². The predicted molar refractivity (Wildman–Crippen MR) is 103 cm³/mol. The van der Waals surface area contributed by atoms with E-state index in [1.807, 2.05) is 38.1 Å². The SMILES string of the molecule is Cc1ccc(C)c(S(=O)(=O)N2CCN(c3ccc(C#N)c(Cl)c3)CC2)c1. The molecule has 0 bridgehead atoms. The molecule has 5 nitrogen and oxygen atoms in total. The molecule has 0 radical (unpaired) electrons. The Morgan fingerprint density at radius 1 is 1.04 bits per heavy atom. The maximum Gasteiger partial charge on any atom is 0.243 e. The maximum absolute atomic E-state index is 13.0. The molecule has 0 aromatic heterocycles. The lowest BCUT2D eigenvalue weighted by Crippen LogP contribution is -2.48. The van der Waals surface area contributed by atoms with Crippen LogP contribution in [0.15, 0.2) is 41.3 Å². The highest BCUT2D eigenvalue weighted by Crippen LogP contribution is 2.26. The molecule has 0 amide bonds. The summed E-state index contributed by atoms with van der Waals surface area (Å²) in [6.07, 6.45) is 0. The van der Waals surface area contributed by atoms with E-state index in [0.717, 1.165) is 16.8 Å². The first kappa shape index (κ1) is 18.7. The van der Waals surface area contributed by atoms with Crippen LogP contribution in [0.4, 0.5) is 5.69 Å². The number of benzene rings is 2. The average Bonchev–Trinajstić information content (AvgIpc) is 2.63. The minimum atomic E-state index is -3.50. The first-order valence-corrected chi connectivity index (χ1v) is 10.2. The lowest BCUT2D eigenvalue weighted by Gasteiger charge is -2.35. The highest BCUT2D eigenvalue weighted by molar-refractivity contribution is 7.89. The van der Waals surface area contributed by atoms with E-state index in [0.29, 0.717) is 41.7 Å². The summed E-state index contributed by atoms with van der Waals surface area (Å²) in [7, 11) is -3.50. The highest BCUT2D eigenvalue weighted by atomic mass is 35.5. The van der Waals surface area contributed by atoms with Gasteiger partial charge >= 0.3 is 0 Å². The Morgan fingerprint density at radius 2 is 1.73 bits per heavy atom. The predicted octanol–water partition coefficient (Wildman–Crippen LogP) is 3.34. The third-order valence-electron chi connectivity index (χ3n) is 4.64. The maximum atomic E-state index is 13.0. The molecule has 0 aliphatic carbocycles. The number of rotatable bonds is 3. The number of piperazine rings is 1. The van der Waals surface area contributed by atoms with E-state index in [2.05, 4.69) is 4.90 Å². The van der Waals surface area contributed by atoms with Crippen molar-refractivity contribution < 1.29 is 8.42 Å². The van der Waals surface area contributed by atoms with Crippen LogP contribution in [-0.4, -0.2) is 38.9 Å². The van der Waals surface area contributed by atoms with Crippen LogP contribution in [0, 0.1) is 25.2 Å². The second kappa shape index (κ2) is 7.28. The summed E-state index contributed by atoms with van der Waals surface area (Å²) in [4.78, 5) is 2.47. The number of anilines is 1. The monoisotopic (exact) mass is 389 g/mol. The van der Waals surface area contributed by atoms with Gasteiger partial charge in [0.15, 0.2) is 0 Å². The third kappa shape index (κ3) is 3.56. The van der Waals surface area contributed by atoms with Gasteiger partial charge in [-0.15, -0.1) is 0 Å². The van der Waals surface area contributed by atoms with Gasteiger partial charge in [0, 0.05) is 31.9 Å². The van der Waals surface area contributed by atoms with Crippen molar-refractivity contribution in [3.63, 3.8) is 0 Å². The summed E-state index contributed by atoms with van der Waals surface area (Å²) in [5.74, 6) is 0. The van der Waals surface area contributed by atoms with Crippen LogP contribution >= 0.6 is 11.6 Å². The molecule has 26 heavy (non-hydrogen) atoms. The van der Waals surface area contributed by atoms with E-state index in [-0.39, 0.29) is 0 Å². The zero-order valence-corrected chi connectivity index (χ0v) is 16.3. The van der Waals surface area contributed by atoms with Gasteiger partial charge in [-0.2, -0.15) is 9.57 Å². The number of nitriles is 1. The average molecular weight is 390 g/mol. The van der Waals surface area contributed by atoms with Crippen LogP contribution in [0.2, 0.25) is 5.02 Å². The van der Waals surface area contributed by atoms with E-state index in [4.69, 9.17) is 16.9 Å². The van der Waals surface area contributed by atoms with Crippen molar-refractivity contribution in [2.24, 2.45) is 0 Å². The minimum Gasteiger partial charge on any atom is -0.369 e. The number of hydrogen-bond acceptors (Lipinski definition) is 4. The molecule has 3 rings (SSSR count). The van der Waals surface area contributed by atoms with Crippen LogP contribution in [0.25, 0.3) is 0 Å². The number of hydrogen-bond donors (Lipinski definition) is 0. The van der Waals surface area contributed by atoms with E-state index >= 15 is 0 Å². The van der Waals surface area contributed by atoms with Crippen molar-refractivity contribution in [3.05, 3.63) is 58.1 Å². The molecule has 0 atom stereocenters. The first-order valence-electron chi connectivity index (χ1n) is 8.35. The van der Waals surface area contributed by atoms with Crippen LogP contribution in [0.3, 0.4) is 0 Å². The molecule has 1 fully saturated rings. The quantitative estimate of drug-likeness (QED) is 0.807. The summed E-state index contributed by atoms with van der Waals surface area (Å²) in [6, 6.07) is 12.8.